The molecule has 1 aromatic carbocycles. The first-order chi connectivity index (χ1) is 15.4. The van der Waals surface area contributed by atoms with Gasteiger partial charge in [-0.1, -0.05) is 5.21 Å². The number of hydrogen-bond acceptors (Lipinski definition) is 7. The maximum atomic E-state index is 13.1. The Morgan fingerprint density at radius 2 is 2.03 bits per heavy atom. The number of pyridine rings is 1. The molecule has 1 fully saturated rings. The molecule has 11 heteroatoms. The van der Waals surface area contributed by atoms with Gasteiger partial charge in [0.2, 0.25) is 10.0 Å². The smallest absolute Gasteiger partial charge is 0.240 e. The second kappa shape index (κ2) is 9.82. The Labute approximate surface area is 185 Å². The van der Waals surface area contributed by atoms with Crippen molar-refractivity contribution in [2.75, 3.05) is 6.61 Å². The fourth-order valence-electron chi connectivity index (χ4n) is 3.69. The van der Waals surface area contributed by atoms with Gasteiger partial charge in [-0.3, -0.25) is 9.67 Å². The van der Waals surface area contributed by atoms with Gasteiger partial charge < -0.3 is 9.84 Å². The maximum absolute atomic E-state index is 13.1. The van der Waals surface area contributed by atoms with Crippen molar-refractivity contribution in [1.29, 1.82) is 0 Å². The molecule has 3 aromatic rings. The number of halogens is 1. The molecule has 4 rings (SSSR count). The van der Waals surface area contributed by atoms with E-state index in [-0.39, 0.29) is 17.6 Å². The van der Waals surface area contributed by atoms with Crippen LogP contribution >= 0.6 is 0 Å². The average molecular weight is 462 g/mol. The van der Waals surface area contributed by atoms with Crippen molar-refractivity contribution in [3.63, 3.8) is 0 Å². The zero-order valence-electron chi connectivity index (χ0n) is 17.2. The Kier molecular flexibility index (Phi) is 6.89. The first kappa shape index (κ1) is 22.5. The quantitative estimate of drug-likeness (QED) is 0.525. The van der Waals surface area contributed by atoms with Crippen molar-refractivity contribution < 1.29 is 22.7 Å². The van der Waals surface area contributed by atoms with E-state index < -0.39 is 28.0 Å². The van der Waals surface area contributed by atoms with Gasteiger partial charge in [0.25, 0.3) is 0 Å². The number of aliphatic hydroxyl groups is 1. The zero-order chi connectivity index (χ0) is 22.6. The molecule has 170 valence electrons. The van der Waals surface area contributed by atoms with E-state index in [0.29, 0.717) is 25.8 Å². The molecule has 1 saturated heterocycles. The van der Waals surface area contributed by atoms with Gasteiger partial charge in [0.15, 0.2) is 0 Å². The molecule has 3 atom stereocenters. The van der Waals surface area contributed by atoms with Gasteiger partial charge in [0, 0.05) is 24.5 Å². The molecule has 0 saturated carbocycles. The lowest BCUT2D eigenvalue weighted by molar-refractivity contribution is -0.0891. The Bertz CT molecular complexity index is 1120. The number of benzene rings is 1. The second-order valence-corrected chi connectivity index (χ2v) is 9.35. The highest BCUT2D eigenvalue weighted by Crippen LogP contribution is 2.24. The predicted molar refractivity (Wildman–Crippen MR) is 113 cm³/mol. The van der Waals surface area contributed by atoms with E-state index in [1.165, 1.54) is 12.1 Å². The normalized spacial score (nSPS) is 21.5. The third kappa shape index (κ3) is 5.36. The number of aryl methyl sites for hydroxylation is 1. The lowest BCUT2D eigenvalue weighted by Gasteiger charge is -2.36. The van der Waals surface area contributed by atoms with Crippen LogP contribution in [-0.4, -0.2) is 58.4 Å². The van der Waals surface area contributed by atoms with Crippen LogP contribution in [0.4, 0.5) is 4.39 Å². The molecule has 0 bridgehead atoms. The summed E-state index contributed by atoms with van der Waals surface area (Å²) in [6.45, 7) is 0.254. The summed E-state index contributed by atoms with van der Waals surface area (Å²) in [6, 6.07) is 7.76. The number of ether oxygens (including phenoxy) is 1. The highest BCUT2D eigenvalue weighted by molar-refractivity contribution is 7.89. The minimum absolute atomic E-state index is 0.0340. The van der Waals surface area contributed by atoms with Gasteiger partial charge in [-0.15, -0.1) is 5.10 Å². The lowest BCUT2D eigenvalue weighted by Crippen LogP contribution is -2.50. The number of aliphatic hydroxyl groups excluding tert-OH is 1. The van der Waals surface area contributed by atoms with Crippen molar-refractivity contribution in [2.45, 2.75) is 49.0 Å². The third-order valence-electron chi connectivity index (χ3n) is 5.40. The van der Waals surface area contributed by atoms with Crippen LogP contribution in [-0.2, 0) is 21.3 Å². The molecule has 0 unspecified atom stereocenters. The van der Waals surface area contributed by atoms with E-state index in [4.69, 9.17) is 4.74 Å². The van der Waals surface area contributed by atoms with Crippen LogP contribution in [0.5, 0.6) is 0 Å². The first-order valence-electron chi connectivity index (χ1n) is 10.3. The van der Waals surface area contributed by atoms with Crippen LogP contribution in [0.25, 0.3) is 11.3 Å². The van der Waals surface area contributed by atoms with Crippen LogP contribution in [0.2, 0.25) is 0 Å². The molecule has 9 nitrogen and oxygen atoms in total. The lowest BCUT2D eigenvalue weighted by atomic mass is 9.98. The molecule has 0 radical (unpaired) electrons. The van der Waals surface area contributed by atoms with Gasteiger partial charge in [-0.25, -0.2) is 17.5 Å². The number of nitrogens with one attached hydrogen (secondary N) is 1. The van der Waals surface area contributed by atoms with E-state index in [9.17, 15) is 17.9 Å². The summed E-state index contributed by atoms with van der Waals surface area (Å²) < 4.78 is 48.5. The van der Waals surface area contributed by atoms with Crippen LogP contribution < -0.4 is 4.72 Å². The molecule has 2 N–H and O–H groups in total. The first-order valence-corrected chi connectivity index (χ1v) is 11.8. The molecule has 2 aromatic heterocycles. The fraction of sp³-hybridized carbons (Fsp3) is 0.381. The summed E-state index contributed by atoms with van der Waals surface area (Å²) in [4.78, 5) is 4.04. The maximum Gasteiger partial charge on any atom is 0.240 e. The minimum Gasteiger partial charge on any atom is -0.394 e. The molecule has 0 aliphatic carbocycles. The summed E-state index contributed by atoms with van der Waals surface area (Å²) in [5.74, 6) is -0.513. The van der Waals surface area contributed by atoms with Crippen LogP contribution in [0, 0.1) is 5.82 Å². The Morgan fingerprint density at radius 1 is 1.22 bits per heavy atom. The summed E-state index contributed by atoms with van der Waals surface area (Å²) in [5.41, 5.74) is 1.61. The van der Waals surface area contributed by atoms with Crippen molar-refractivity contribution in [2.24, 2.45) is 0 Å². The largest absolute Gasteiger partial charge is 0.394 e. The summed E-state index contributed by atoms with van der Waals surface area (Å²) >= 11 is 0. The van der Waals surface area contributed by atoms with E-state index >= 15 is 0 Å². The van der Waals surface area contributed by atoms with Gasteiger partial charge in [0.1, 0.15) is 11.5 Å². The molecule has 32 heavy (non-hydrogen) atoms. The second-order valence-electron chi connectivity index (χ2n) is 7.64. The highest BCUT2D eigenvalue weighted by atomic mass is 32.2. The van der Waals surface area contributed by atoms with Gasteiger partial charge in [0.05, 0.1) is 35.9 Å². The minimum atomic E-state index is -3.85. The van der Waals surface area contributed by atoms with Gasteiger partial charge in [-0.05, 0) is 55.7 Å². The van der Waals surface area contributed by atoms with E-state index in [2.05, 4.69) is 20.0 Å². The Balaban J connectivity index is 1.33. The van der Waals surface area contributed by atoms with Gasteiger partial charge >= 0.3 is 0 Å². The Hall–Kier alpha value is -2.73. The average Bonchev–Trinajstić information content (AvgIpc) is 3.28. The number of sulfonamides is 1. The molecule has 0 amide bonds. The van der Waals surface area contributed by atoms with Crippen LogP contribution in [0.1, 0.15) is 19.3 Å². The monoisotopic (exact) mass is 461 g/mol. The topological polar surface area (TPSA) is 119 Å². The summed E-state index contributed by atoms with van der Waals surface area (Å²) in [7, 11) is -3.85. The molecular formula is C21H24FN5O4S. The summed E-state index contributed by atoms with van der Waals surface area (Å²) in [5, 5.41) is 18.0. The number of hydrogen-bond donors (Lipinski definition) is 2. The van der Waals surface area contributed by atoms with E-state index in [0.717, 1.165) is 23.4 Å². The van der Waals surface area contributed by atoms with Crippen molar-refractivity contribution in [3.05, 3.63) is 60.8 Å². The Morgan fingerprint density at radius 3 is 2.75 bits per heavy atom. The SMILES string of the molecule is O=S(=O)(N[C@H]1CC[C@H](CCn2cc(-c3cccnc3)nn2)O[C@@H]1CO)c1ccc(F)cc1. The van der Waals surface area contributed by atoms with Crippen LogP contribution in [0.3, 0.4) is 0 Å². The van der Waals surface area contributed by atoms with Crippen molar-refractivity contribution in [1.82, 2.24) is 24.7 Å². The molecule has 0 spiro atoms. The van der Waals surface area contributed by atoms with Crippen molar-refractivity contribution >= 4 is 10.0 Å². The number of aromatic nitrogens is 4. The van der Waals surface area contributed by atoms with Crippen LogP contribution in [0.15, 0.2) is 59.9 Å². The molecule has 1 aliphatic rings. The standard InChI is InChI=1S/C21H24FN5O4S/c22-16-3-6-18(7-4-16)32(29,30)25-19-8-5-17(31-21(19)14-28)9-11-27-13-20(24-26-27)15-2-1-10-23-12-15/h1-4,6-7,10,12-13,17,19,21,25,28H,5,8-9,11,14H2/t17-,19+,21-/m1/s1. The van der Waals surface area contributed by atoms with Gasteiger partial charge in [-0.2, -0.15) is 0 Å². The molecule has 1 aliphatic heterocycles. The summed E-state index contributed by atoms with van der Waals surface area (Å²) in [6.07, 6.45) is 6.20. The van der Waals surface area contributed by atoms with E-state index in [1.54, 1.807) is 17.1 Å². The molecule has 3 heterocycles. The number of nitrogens with zero attached hydrogens (tertiary/aromatic N) is 4. The highest BCUT2D eigenvalue weighted by Gasteiger charge is 2.34. The predicted octanol–water partition coefficient (Wildman–Crippen LogP) is 1.76. The molecular weight excluding hydrogens is 437 g/mol. The number of rotatable bonds is 8. The van der Waals surface area contributed by atoms with Crippen molar-refractivity contribution in [3.8, 4) is 11.3 Å². The third-order valence-corrected chi connectivity index (χ3v) is 6.91. The fourth-order valence-corrected chi connectivity index (χ4v) is 4.99. The van der Waals surface area contributed by atoms with E-state index in [1.807, 2.05) is 18.3 Å². The zero-order valence-corrected chi connectivity index (χ0v) is 18.0.